The zero-order valence-corrected chi connectivity index (χ0v) is 22.9. The second-order valence-corrected chi connectivity index (χ2v) is 11.8. The van der Waals surface area contributed by atoms with Gasteiger partial charge < -0.3 is 5.32 Å². The number of nitrogens with one attached hydrogen (secondary N) is 1. The van der Waals surface area contributed by atoms with E-state index < -0.39 is 63.8 Å². The molecule has 0 saturated carbocycles. The van der Waals surface area contributed by atoms with Crippen LogP contribution in [0.5, 0.6) is 0 Å². The molecule has 0 aliphatic carbocycles. The summed E-state index contributed by atoms with van der Waals surface area (Å²) in [5, 5.41) is 1.80. The largest absolute Gasteiger partial charge is 0.416 e. The molecule has 214 valence electrons. The summed E-state index contributed by atoms with van der Waals surface area (Å²) in [7, 11) is 0. The van der Waals surface area contributed by atoms with Crippen molar-refractivity contribution in [2.45, 2.75) is 28.9 Å². The van der Waals surface area contributed by atoms with E-state index in [1.54, 1.807) is 30.3 Å². The van der Waals surface area contributed by atoms with Crippen molar-refractivity contribution >= 4 is 52.2 Å². The van der Waals surface area contributed by atoms with Crippen molar-refractivity contribution in [2.75, 3.05) is 10.2 Å². The van der Waals surface area contributed by atoms with Crippen molar-refractivity contribution in [1.29, 1.82) is 0 Å². The van der Waals surface area contributed by atoms with Gasteiger partial charge in [-0.15, -0.1) is 0 Å². The van der Waals surface area contributed by atoms with E-state index in [1.165, 1.54) is 22.8 Å². The summed E-state index contributed by atoms with van der Waals surface area (Å²) in [6.45, 7) is -0.517. The number of amides is 3. The van der Waals surface area contributed by atoms with Crippen LogP contribution in [0.25, 0.3) is 0 Å². The highest BCUT2D eigenvalue weighted by molar-refractivity contribution is 8.00. The Morgan fingerprint density at radius 1 is 0.905 bits per heavy atom. The smallest absolute Gasteiger partial charge is 0.325 e. The van der Waals surface area contributed by atoms with Crippen LogP contribution in [-0.4, -0.2) is 27.5 Å². The van der Waals surface area contributed by atoms with Gasteiger partial charge in [-0.25, -0.2) is 9.29 Å². The normalized spacial score (nSPS) is 19.9. The minimum atomic E-state index is -4.60. The molecular weight excluding hydrogens is 594 g/mol. The highest BCUT2D eigenvalue weighted by atomic mass is 32.2. The number of hydrogen-bond donors (Lipinski definition) is 1. The number of fused-ring (bicyclic) bond motifs is 2. The zero-order valence-electron chi connectivity index (χ0n) is 21.3. The first kappa shape index (κ1) is 27.9. The number of thioether (sulfide) groups is 1. The number of carbonyl (C=O) groups is 3. The van der Waals surface area contributed by atoms with Gasteiger partial charge in [0.1, 0.15) is 17.6 Å². The predicted octanol–water partition coefficient (Wildman–Crippen LogP) is 5.50. The Kier molecular flexibility index (Phi) is 7.01. The molecule has 0 spiro atoms. The van der Waals surface area contributed by atoms with E-state index in [9.17, 15) is 36.7 Å². The number of benzene rings is 3. The van der Waals surface area contributed by atoms with Gasteiger partial charge in [-0.3, -0.25) is 23.7 Å². The molecule has 3 amide bonds. The second-order valence-electron chi connectivity index (χ2n) is 9.69. The lowest BCUT2D eigenvalue weighted by molar-refractivity contribution is -0.137. The molecule has 3 unspecified atom stereocenters. The first-order valence-corrected chi connectivity index (χ1v) is 14.3. The summed E-state index contributed by atoms with van der Waals surface area (Å²) < 4.78 is 54.1. The molecule has 6 rings (SSSR count). The molecule has 1 fully saturated rings. The zero-order chi connectivity index (χ0) is 29.8. The van der Waals surface area contributed by atoms with E-state index in [4.69, 9.17) is 0 Å². The molecule has 1 N–H and O–H groups in total. The van der Waals surface area contributed by atoms with E-state index in [2.05, 4.69) is 5.32 Å². The molecule has 7 nitrogen and oxygen atoms in total. The third-order valence-electron chi connectivity index (χ3n) is 7.07. The molecule has 3 atom stereocenters. The van der Waals surface area contributed by atoms with Gasteiger partial charge in [0, 0.05) is 16.5 Å². The highest BCUT2D eigenvalue weighted by Gasteiger charge is 2.56. The molecule has 13 heteroatoms. The minimum Gasteiger partial charge on any atom is -0.325 e. The van der Waals surface area contributed by atoms with E-state index >= 15 is 0 Å². The van der Waals surface area contributed by atoms with Gasteiger partial charge in [0.15, 0.2) is 0 Å². The summed E-state index contributed by atoms with van der Waals surface area (Å²) in [5.74, 6) is -3.84. The number of imide groups is 1. The van der Waals surface area contributed by atoms with Gasteiger partial charge in [0.25, 0.3) is 0 Å². The first-order valence-electron chi connectivity index (χ1n) is 12.6. The fourth-order valence-electron chi connectivity index (χ4n) is 5.24. The molecule has 4 aromatic rings. The quantitative estimate of drug-likeness (QED) is 0.237. The van der Waals surface area contributed by atoms with Crippen LogP contribution >= 0.6 is 23.1 Å². The molecule has 2 aliphatic heterocycles. The highest BCUT2D eigenvalue weighted by Crippen LogP contribution is 2.53. The Labute approximate surface area is 243 Å². The molecule has 0 radical (unpaired) electrons. The first-order chi connectivity index (χ1) is 20.0. The molecule has 1 aromatic heterocycles. The molecule has 2 aliphatic rings. The maximum absolute atomic E-state index is 13.8. The van der Waals surface area contributed by atoms with E-state index in [-0.39, 0.29) is 11.4 Å². The Morgan fingerprint density at radius 3 is 2.31 bits per heavy atom. The molecule has 3 aromatic carbocycles. The Hall–Kier alpha value is -4.23. The van der Waals surface area contributed by atoms with Gasteiger partial charge in [-0.05, 0) is 48.0 Å². The van der Waals surface area contributed by atoms with Crippen molar-refractivity contribution in [3.8, 4) is 0 Å². The third-order valence-corrected chi connectivity index (χ3v) is 9.67. The van der Waals surface area contributed by atoms with Crippen LogP contribution in [0.15, 0.2) is 88.7 Å². The Bertz CT molecular complexity index is 1770. The van der Waals surface area contributed by atoms with Crippen LogP contribution in [0.4, 0.5) is 28.9 Å². The van der Waals surface area contributed by atoms with Crippen LogP contribution < -0.4 is 15.1 Å². The maximum atomic E-state index is 13.8. The number of aromatic nitrogens is 1. The Balaban J connectivity index is 1.36. The fourth-order valence-corrected chi connectivity index (χ4v) is 8.01. The predicted molar refractivity (Wildman–Crippen MR) is 149 cm³/mol. The number of thiazole rings is 1. The number of carbonyl (C=O) groups excluding carboxylic acids is 3. The molecule has 1 saturated heterocycles. The second kappa shape index (κ2) is 10.6. The van der Waals surface area contributed by atoms with Crippen molar-refractivity contribution in [1.82, 2.24) is 4.57 Å². The van der Waals surface area contributed by atoms with Gasteiger partial charge in [0.2, 0.25) is 17.7 Å². The summed E-state index contributed by atoms with van der Waals surface area (Å²) in [4.78, 5) is 54.5. The summed E-state index contributed by atoms with van der Waals surface area (Å²) in [5.41, 5.74) is -0.117. The number of rotatable bonds is 5. The fraction of sp³-hybridized carbons (Fsp3) is 0.172. The average molecular weight is 614 g/mol. The number of halogens is 4. The van der Waals surface area contributed by atoms with E-state index in [1.807, 2.05) is 0 Å². The number of anilines is 2. The molecule has 3 heterocycles. The monoisotopic (exact) mass is 613 g/mol. The lowest BCUT2D eigenvalue weighted by Crippen LogP contribution is -2.33. The molecule has 42 heavy (non-hydrogen) atoms. The number of hydrogen-bond acceptors (Lipinski definition) is 6. The lowest BCUT2D eigenvalue weighted by Gasteiger charge is -2.30. The van der Waals surface area contributed by atoms with Crippen LogP contribution in [0.3, 0.4) is 0 Å². The SMILES string of the molecule is O=C(Cn1c2c(sc1=O)C(c1ccccc1)C1C(=O)N(c3ccc(F)cc3)C(=O)C1S2)Nc1cccc(C(F)(F)F)c1. The third kappa shape index (κ3) is 4.92. The number of nitrogens with zero attached hydrogens (tertiary/aromatic N) is 2. The topological polar surface area (TPSA) is 88.5 Å². The summed E-state index contributed by atoms with van der Waals surface area (Å²) in [6, 6.07) is 18.0. The van der Waals surface area contributed by atoms with Crippen LogP contribution in [-0.2, 0) is 27.1 Å². The van der Waals surface area contributed by atoms with Gasteiger partial charge in [0.05, 0.1) is 22.2 Å². The van der Waals surface area contributed by atoms with Crippen molar-refractivity contribution < 1.29 is 31.9 Å². The molecular formula is C29H19F4N3O4S2. The summed E-state index contributed by atoms with van der Waals surface area (Å²) >= 11 is 1.85. The van der Waals surface area contributed by atoms with E-state index in [0.717, 1.165) is 58.3 Å². The lowest BCUT2D eigenvalue weighted by atomic mass is 9.83. The number of alkyl halides is 3. The summed E-state index contributed by atoms with van der Waals surface area (Å²) in [6.07, 6.45) is -4.60. The standard InChI is InChI=1S/C29H19F4N3O4S2/c30-17-9-11-19(12-10-17)36-25(38)22-21(15-5-2-1-3-6-15)24-27(41-23(22)26(36)39)35(28(40)42-24)14-20(37)34-18-8-4-7-16(13-18)29(31,32)33/h1-13,21-23H,14H2,(H,34,37). The van der Waals surface area contributed by atoms with Gasteiger partial charge in [-0.1, -0.05) is 59.5 Å². The van der Waals surface area contributed by atoms with Crippen LogP contribution in [0.2, 0.25) is 0 Å². The van der Waals surface area contributed by atoms with E-state index in [0.29, 0.717) is 15.5 Å². The average Bonchev–Trinajstić information content (AvgIpc) is 3.40. The minimum absolute atomic E-state index is 0.0895. The van der Waals surface area contributed by atoms with Crippen LogP contribution in [0.1, 0.15) is 21.9 Å². The van der Waals surface area contributed by atoms with Crippen molar-refractivity contribution in [3.63, 3.8) is 0 Å². The van der Waals surface area contributed by atoms with Gasteiger partial charge in [-0.2, -0.15) is 13.2 Å². The van der Waals surface area contributed by atoms with Crippen molar-refractivity contribution in [2.24, 2.45) is 5.92 Å². The molecule has 0 bridgehead atoms. The Morgan fingerprint density at radius 2 is 1.62 bits per heavy atom. The van der Waals surface area contributed by atoms with Crippen molar-refractivity contribution in [3.05, 3.63) is 110 Å². The van der Waals surface area contributed by atoms with Crippen LogP contribution in [0, 0.1) is 11.7 Å². The maximum Gasteiger partial charge on any atom is 0.416 e. The van der Waals surface area contributed by atoms with Gasteiger partial charge >= 0.3 is 11.0 Å².